The zero-order chi connectivity index (χ0) is 44.3. The number of hydrogen-bond acceptors (Lipinski definition) is 7. The number of carbonyl (C=O) groups is 2. The predicted octanol–water partition coefficient (Wildman–Crippen LogP) is 13.4. The molecule has 2 atom stereocenters. The van der Waals surface area contributed by atoms with Gasteiger partial charge < -0.3 is 18.9 Å². The topological polar surface area (TPSA) is 108 Å². The van der Waals surface area contributed by atoms with Gasteiger partial charge in [-0.3, -0.25) is 18.6 Å². The lowest BCUT2D eigenvalue weighted by atomic mass is 10.1. The highest BCUT2D eigenvalue weighted by molar-refractivity contribution is 7.47. The molecule has 0 spiro atoms. The number of hydrogen-bond donors (Lipinski definition) is 1. The Balaban J connectivity index is 4.52. The van der Waals surface area contributed by atoms with Crippen molar-refractivity contribution in [3.63, 3.8) is 0 Å². The first-order valence-corrected chi connectivity index (χ1v) is 24.5. The Bertz CT molecular complexity index is 1340. The van der Waals surface area contributed by atoms with Crippen LogP contribution in [0.5, 0.6) is 0 Å². The normalized spacial score (nSPS) is 14.4. The van der Waals surface area contributed by atoms with E-state index >= 15 is 0 Å². The van der Waals surface area contributed by atoms with Crippen LogP contribution in [0.15, 0.2) is 97.2 Å². The molecule has 0 amide bonds. The standard InChI is InChI=1S/C50H84NO8P/c1-6-8-10-12-14-16-18-20-22-24-25-27-29-31-33-35-37-39-41-43-50(53)59-48(47-58-60(54,55)57-45-44-51(3,4)5)46-56-49(52)42-40-38-36-34-32-30-28-26-23-21-19-17-15-13-11-9-7-2/h14-17,20-23,25,27-28,30-31,33-34,36,48H,6-13,18-19,24,26,29,32,35,37-47H2,1-5H3/p+1/b16-14-,17-15-,22-20-,23-21-,27-25-,30-28-,33-31-,36-34-/t48-/m1/s1. The van der Waals surface area contributed by atoms with Gasteiger partial charge in [-0.15, -0.1) is 0 Å². The first-order valence-electron chi connectivity index (χ1n) is 23.0. The Morgan fingerprint density at radius 3 is 1.35 bits per heavy atom. The van der Waals surface area contributed by atoms with Crippen LogP contribution >= 0.6 is 7.82 Å². The molecule has 342 valence electrons. The van der Waals surface area contributed by atoms with Crippen molar-refractivity contribution in [2.75, 3.05) is 47.5 Å². The molecule has 1 unspecified atom stereocenters. The molecule has 0 heterocycles. The molecular formula is C50H85NO8P+. The summed E-state index contributed by atoms with van der Waals surface area (Å²) in [6.45, 7) is 4.24. The van der Waals surface area contributed by atoms with E-state index in [0.29, 0.717) is 23.9 Å². The van der Waals surface area contributed by atoms with Crippen LogP contribution in [-0.4, -0.2) is 74.9 Å². The number of unbranched alkanes of at least 4 members (excludes halogenated alkanes) is 10. The maximum absolute atomic E-state index is 12.7. The van der Waals surface area contributed by atoms with Crippen LogP contribution in [-0.2, 0) is 32.7 Å². The van der Waals surface area contributed by atoms with Crippen molar-refractivity contribution in [2.45, 2.75) is 161 Å². The van der Waals surface area contributed by atoms with E-state index in [1.807, 2.05) is 21.1 Å². The highest BCUT2D eigenvalue weighted by Crippen LogP contribution is 2.43. The SMILES string of the molecule is CCCCC/C=C\C/C=C\C/C=C\C/C=C\CCCCCC(=O)O[C@H](COC(=O)CCC/C=C\C/C=C\C/C=C\C/C=C\CCCCC)COP(=O)(O)OCC[N+](C)(C)C. The molecule has 0 aromatic carbocycles. The summed E-state index contributed by atoms with van der Waals surface area (Å²) in [6, 6.07) is 0. The van der Waals surface area contributed by atoms with Gasteiger partial charge in [0.15, 0.2) is 6.10 Å². The Labute approximate surface area is 366 Å². The van der Waals surface area contributed by atoms with Gasteiger partial charge >= 0.3 is 19.8 Å². The van der Waals surface area contributed by atoms with Crippen molar-refractivity contribution >= 4 is 19.8 Å². The summed E-state index contributed by atoms with van der Waals surface area (Å²) >= 11 is 0. The van der Waals surface area contributed by atoms with Gasteiger partial charge in [-0.05, 0) is 96.3 Å². The second-order valence-electron chi connectivity index (χ2n) is 16.1. The largest absolute Gasteiger partial charge is 0.472 e. The van der Waals surface area contributed by atoms with Gasteiger partial charge in [0, 0.05) is 12.8 Å². The quantitative estimate of drug-likeness (QED) is 0.0213. The summed E-state index contributed by atoms with van der Waals surface area (Å²) in [5.74, 6) is -0.910. The minimum absolute atomic E-state index is 0.0111. The van der Waals surface area contributed by atoms with E-state index in [1.54, 1.807) is 0 Å². The maximum atomic E-state index is 12.7. The molecule has 0 saturated heterocycles. The van der Waals surface area contributed by atoms with Crippen molar-refractivity contribution in [3.8, 4) is 0 Å². The molecule has 9 nitrogen and oxygen atoms in total. The van der Waals surface area contributed by atoms with Crippen molar-refractivity contribution in [2.24, 2.45) is 0 Å². The zero-order valence-corrected chi connectivity index (χ0v) is 39.3. The highest BCUT2D eigenvalue weighted by Gasteiger charge is 2.27. The molecule has 0 aromatic heterocycles. The van der Waals surface area contributed by atoms with E-state index < -0.39 is 32.5 Å². The second-order valence-corrected chi connectivity index (χ2v) is 17.5. The number of esters is 2. The van der Waals surface area contributed by atoms with Gasteiger partial charge in [0.25, 0.3) is 0 Å². The minimum atomic E-state index is -4.40. The van der Waals surface area contributed by atoms with Crippen LogP contribution in [0.2, 0.25) is 0 Å². The fourth-order valence-corrected chi connectivity index (χ4v) is 6.20. The van der Waals surface area contributed by atoms with Crippen LogP contribution in [0, 0.1) is 0 Å². The average molecular weight is 859 g/mol. The van der Waals surface area contributed by atoms with Gasteiger partial charge in [-0.25, -0.2) is 4.57 Å². The number of phosphoric ester groups is 1. The molecule has 0 aliphatic rings. The third-order valence-electron chi connectivity index (χ3n) is 9.09. The number of carbonyl (C=O) groups excluding carboxylic acids is 2. The van der Waals surface area contributed by atoms with E-state index in [0.717, 1.165) is 64.2 Å². The van der Waals surface area contributed by atoms with Crippen molar-refractivity contribution < 1.29 is 42.1 Å². The average Bonchev–Trinajstić information content (AvgIpc) is 3.20. The lowest BCUT2D eigenvalue weighted by Crippen LogP contribution is -2.37. The van der Waals surface area contributed by atoms with E-state index in [1.165, 1.54) is 51.4 Å². The van der Waals surface area contributed by atoms with Gasteiger partial charge in [0.1, 0.15) is 19.8 Å². The van der Waals surface area contributed by atoms with E-state index in [9.17, 15) is 19.0 Å². The summed E-state index contributed by atoms with van der Waals surface area (Å²) in [5, 5.41) is 0. The molecule has 10 heteroatoms. The van der Waals surface area contributed by atoms with Crippen LogP contribution in [0.3, 0.4) is 0 Å². The van der Waals surface area contributed by atoms with Crippen LogP contribution in [0.1, 0.15) is 155 Å². The molecule has 0 bridgehead atoms. The number of allylic oxidation sites excluding steroid dienone is 16. The highest BCUT2D eigenvalue weighted by atomic mass is 31.2. The fourth-order valence-electron chi connectivity index (χ4n) is 5.46. The van der Waals surface area contributed by atoms with Gasteiger partial charge in [-0.2, -0.15) is 0 Å². The first kappa shape index (κ1) is 56.9. The lowest BCUT2D eigenvalue weighted by Gasteiger charge is -2.24. The van der Waals surface area contributed by atoms with Crippen molar-refractivity contribution in [1.29, 1.82) is 0 Å². The van der Waals surface area contributed by atoms with Gasteiger partial charge in [0.05, 0.1) is 27.7 Å². The van der Waals surface area contributed by atoms with E-state index in [2.05, 4.69) is 111 Å². The maximum Gasteiger partial charge on any atom is 0.472 e. The number of quaternary nitrogens is 1. The molecule has 60 heavy (non-hydrogen) atoms. The van der Waals surface area contributed by atoms with Crippen LogP contribution in [0.25, 0.3) is 0 Å². The number of likely N-dealkylation sites (N-methyl/N-ethyl adjacent to an activating group) is 1. The van der Waals surface area contributed by atoms with Gasteiger partial charge in [0.2, 0.25) is 0 Å². The Morgan fingerprint density at radius 2 is 0.917 bits per heavy atom. The molecule has 0 saturated carbocycles. The fraction of sp³-hybridized carbons (Fsp3) is 0.640. The summed E-state index contributed by atoms with van der Waals surface area (Å²) in [5.41, 5.74) is 0. The molecule has 0 aliphatic heterocycles. The Hall–Kier alpha value is -3.07. The van der Waals surface area contributed by atoms with Crippen LogP contribution in [0.4, 0.5) is 0 Å². The third kappa shape index (κ3) is 44.5. The smallest absolute Gasteiger partial charge is 0.462 e. The summed E-state index contributed by atoms with van der Waals surface area (Å²) < 4.78 is 34.2. The molecule has 0 aliphatic carbocycles. The van der Waals surface area contributed by atoms with Crippen LogP contribution < -0.4 is 0 Å². The molecular weight excluding hydrogens is 774 g/mol. The number of nitrogens with zero attached hydrogens (tertiary/aromatic N) is 1. The summed E-state index contributed by atoms with van der Waals surface area (Å²) in [6.07, 6.45) is 54.6. The monoisotopic (exact) mass is 859 g/mol. The summed E-state index contributed by atoms with van der Waals surface area (Å²) in [7, 11) is 1.41. The molecule has 0 radical (unpaired) electrons. The van der Waals surface area contributed by atoms with E-state index in [4.69, 9.17) is 18.5 Å². The lowest BCUT2D eigenvalue weighted by molar-refractivity contribution is -0.870. The minimum Gasteiger partial charge on any atom is -0.462 e. The number of ether oxygens (including phenoxy) is 2. The zero-order valence-electron chi connectivity index (χ0n) is 38.4. The number of phosphoric acid groups is 1. The molecule has 0 fully saturated rings. The van der Waals surface area contributed by atoms with Crippen molar-refractivity contribution in [3.05, 3.63) is 97.2 Å². The Kier molecular flexibility index (Phi) is 39.2. The third-order valence-corrected chi connectivity index (χ3v) is 10.1. The molecule has 1 N–H and O–H groups in total. The van der Waals surface area contributed by atoms with E-state index in [-0.39, 0.29) is 26.1 Å². The predicted molar refractivity (Wildman–Crippen MR) is 252 cm³/mol. The van der Waals surface area contributed by atoms with Crippen molar-refractivity contribution in [1.82, 2.24) is 0 Å². The van der Waals surface area contributed by atoms with Gasteiger partial charge in [-0.1, -0.05) is 143 Å². The number of rotatable bonds is 40. The first-order chi connectivity index (χ1) is 29.0. The second kappa shape index (κ2) is 41.3. The Morgan fingerprint density at radius 1 is 0.517 bits per heavy atom. The summed E-state index contributed by atoms with van der Waals surface area (Å²) in [4.78, 5) is 35.4. The molecule has 0 rings (SSSR count). The molecule has 0 aromatic rings.